The first-order valence-electron chi connectivity index (χ1n) is 9.29. The van der Waals surface area contributed by atoms with Gasteiger partial charge in [-0.3, -0.25) is 9.69 Å². The van der Waals surface area contributed by atoms with E-state index in [1.807, 2.05) is 11.0 Å². The number of carbonyl (C=O) groups excluding carboxylic acids is 1. The summed E-state index contributed by atoms with van der Waals surface area (Å²) in [4.78, 5) is 17.8. The van der Waals surface area contributed by atoms with Gasteiger partial charge < -0.3 is 4.90 Å². The molecule has 2 aliphatic rings. The third-order valence-electron chi connectivity index (χ3n) is 5.53. The van der Waals surface area contributed by atoms with Gasteiger partial charge in [-0.25, -0.2) is 4.39 Å². The molecule has 1 saturated heterocycles. The highest BCUT2D eigenvalue weighted by atomic mass is 19.1. The molecular weight excluding hydrogens is 303 g/mol. The summed E-state index contributed by atoms with van der Waals surface area (Å²) in [5.74, 6) is 0.629. The molecule has 0 radical (unpaired) electrons. The largest absolute Gasteiger partial charge is 0.339 e. The Balaban J connectivity index is 1.74. The molecule has 1 aliphatic heterocycles. The minimum atomic E-state index is -0.498. The number of halogens is 1. The van der Waals surface area contributed by atoms with Crippen molar-refractivity contribution in [3.05, 3.63) is 35.6 Å². The first-order valence-corrected chi connectivity index (χ1v) is 9.29. The fraction of sp³-hybridized carbons (Fsp3) is 0.650. The van der Waals surface area contributed by atoms with Crippen LogP contribution in [0, 0.1) is 11.7 Å². The number of rotatable bonds is 4. The zero-order valence-corrected chi connectivity index (χ0v) is 14.9. The average molecular weight is 332 g/mol. The number of amides is 1. The Labute approximate surface area is 144 Å². The summed E-state index contributed by atoms with van der Waals surface area (Å²) in [5.41, 5.74) is 0.372. The molecule has 3 rings (SSSR count). The Hall–Kier alpha value is -1.42. The van der Waals surface area contributed by atoms with E-state index in [2.05, 4.69) is 18.7 Å². The zero-order chi connectivity index (χ0) is 17.2. The molecular formula is C20H29FN2O. The number of hydrogen-bond donors (Lipinski definition) is 0. The maximum Gasteiger partial charge on any atom is 0.233 e. The summed E-state index contributed by atoms with van der Waals surface area (Å²) in [6.45, 7) is 9.04. The molecule has 1 aromatic carbocycles. The highest BCUT2D eigenvalue weighted by Gasteiger charge is 2.45. The molecule has 0 bridgehead atoms. The molecule has 0 atom stereocenters. The van der Waals surface area contributed by atoms with Gasteiger partial charge in [-0.05, 0) is 36.5 Å². The van der Waals surface area contributed by atoms with E-state index in [4.69, 9.17) is 0 Å². The van der Waals surface area contributed by atoms with E-state index in [0.717, 1.165) is 64.0 Å². The van der Waals surface area contributed by atoms with Gasteiger partial charge in [-0.1, -0.05) is 38.8 Å². The molecule has 1 aliphatic carbocycles. The lowest BCUT2D eigenvalue weighted by Crippen LogP contribution is -2.54. The summed E-state index contributed by atoms with van der Waals surface area (Å²) < 4.78 is 13.7. The third kappa shape index (κ3) is 3.49. The van der Waals surface area contributed by atoms with Gasteiger partial charge in [-0.15, -0.1) is 0 Å². The van der Waals surface area contributed by atoms with E-state index in [9.17, 15) is 9.18 Å². The Morgan fingerprint density at radius 1 is 1.17 bits per heavy atom. The van der Waals surface area contributed by atoms with Crippen molar-refractivity contribution in [1.82, 2.24) is 9.80 Å². The lowest BCUT2D eigenvalue weighted by Gasteiger charge is -2.40. The second-order valence-corrected chi connectivity index (χ2v) is 7.79. The van der Waals surface area contributed by atoms with E-state index in [0.29, 0.717) is 5.92 Å². The standard InChI is InChI=1S/C20H29FN2O/c1-16(2)15-22-10-12-23(13-11-22)19(24)20(8-3-4-9-20)17-6-5-7-18(21)14-17/h5-7,14,16H,3-4,8-13,15H2,1-2H3. The number of piperazine rings is 1. The van der Waals surface area contributed by atoms with Crippen molar-refractivity contribution in [3.63, 3.8) is 0 Å². The maximum atomic E-state index is 13.7. The number of hydrogen-bond acceptors (Lipinski definition) is 2. The minimum absolute atomic E-state index is 0.217. The lowest BCUT2D eigenvalue weighted by molar-refractivity contribution is -0.139. The Morgan fingerprint density at radius 3 is 2.42 bits per heavy atom. The molecule has 1 amide bonds. The molecule has 0 aromatic heterocycles. The second kappa shape index (κ2) is 7.22. The van der Waals surface area contributed by atoms with Crippen LogP contribution in [0.5, 0.6) is 0 Å². The van der Waals surface area contributed by atoms with Gasteiger partial charge in [0.1, 0.15) is 5.82 Å². The molecule has 1 heterocycles. The summed E-state index contributed by atoms with van der Waals surface area (Å²) in [5, 5.41) is 0. The van der Waals surface area contributed by atoms with Crippen molar-refractivity contribution >= 4 is 5.91 Å². The van der Waals surface area contributed by atoms with Crippen molar-refractivity contribution in [2.45, 2.75) is 44.9 Å². The molecule has 0 N–H and O–H groups in total. The fourth-order valence-electron chi connectivity index (χ4n) is 4.34. The molecule has 4 heteroatoms. The molecule has 3 nitrogen and oxygen atoms in total. The first-order chi connectivity index (χ1) is 11.5. The van der Waals surface area contributed by atoms with Gasteiger partial charge in [0.2, 0.25) is 5.91 Å². The number of nitrogens with zero attached hydrogens (tertiary/aromatic N) is 2. The van der Waals surface area contributed by atoms with Crippen LogP contribution in [-0.2, 0) is 10.2 Å². The van der Waals surface area contributed by atoms with Gasteiger partial charge in [0.15, 0.2) is 0 Å². The number of carbonyl (C=O) groups is 1. The maximum absolute atomic E-state index is 13.7. The summed E-state index contributed by atoms with van der Waals surface area (Å²) in [7, 11) is 0. The van der Waals surface area contributed by atoms with E-state index >= 15 is 0 Å². The van der Waals surface area contributed by atoms with Gasteiger partial charge in [0, 0.05) is 32.7 Å². The molecule has 24 heavy (non-hydrogen) atoms. The van der Waals surface area contributed by atoms with Crippen LogP contribution in [0.25, 0.3) is 0 Å². The van der Waals surface area contributed by atoms with Crippen LogP contribution in [0.2, 0.25) is 0 Å². The Kier molecular flexibility index (Phi) is 5.24. The quantitative estimate of drug-likeness (QED) is 0.843. The van der Waals surface area contributed by atoms with Crippen molar-refractivity contribution in [3.8, 4) is 0 Å². The summed E-state index contributed by atoms with van der Waals surface area (Å²) >= 11 is 0. The fourth-order valence-corrected chi connectivity index (χ4v) is 4.34. The summed E-state index contributed by atoms with van der Waals surface area (Å²) in [6, 6.07) is 6.69. The zero-order valence-electron chi connectivity index (χ0n) is 14.9. The average Bonchev–Trinajstić information content (AvgIpc) is 3.05. The first kappa shape index (κ1) is 17.4. The van der Waals surface area contributed by atoms with Crippen molar-refractivity contribution < 1.29 is 9.18 Å². The Morgan fingerprint density at radius 2 is 1.83 bits per heavy atom. The van der Waals surface area contributed by atoms with Crippen molar-refractivity contribution in [1.29, 1.82) is 0 Å². The topological polar surface area (TPSA) is 23.6 Å². The van der Waals surface area contributed by atoms with Crippen LogP contribution >= 0.6 is 0 Å². The van der Waals surface area contributed by atoms with Crippen LogP contribution in [0.3, 0.4) is 0 Å². The molecule has 1 aromatic rings. The van der Waals surface area contributed by atoms with Crippen LogP contribution in [0.1, 0.15) is 45.1 Å². The molecule has 1 saturated carbocycles. The minimum Gasteiger partial charge on any atom is -0.339 e. The van der Waals surface area contributed by atoms with Crippen molar-refractivity contribution in [2.75, 3.05) is 32.7 Å². The normalized spacial score (nSPS) is 21.4. The van der Waals surface area contributed by atoms with Gasteiger partial charge >= 0.3 is 0 Å². The molecule has 0 spiro atoms. The van der Waals surface area contributed by atoms with E-state index < -0.39 is 5.41 Å². The van der Waals surface area contributed by atoms with Gasteiger partial charge in [0.25, 0.3) is 0 Å². The SMILES string of the molecule is CC(C)CN1CCN(C(=O)C2(c3cccc(F)c3)CCCC2)CC1. The highest BCUT2D eigenvalue weighted by molar-refractivity contribution is 5.88. The Bertz CT molecular complexity index is 573. The second-order valence-electron chi connectivity index (χ2n) is 7.79. The van der Waals surface area contributed by atoms with E-state index in [-0.39, 0.29) is 11.7 Å². The lowest BCUT2D eigenvalue weighted by atomic mass is 9.77. The van der Waals surface area contributed by atoms with E-state index in [1.165, 1.54) is 6.07 Å². The molecule has 132 valence electrons. The van der Waals surface area contributed by atoms with Crippen LogP contribution in [0.15, 0.2) is 24.3 Å². The number of benzene rings is 1. The predicted octanol–water partition coefficient (Wildman–Crippen LogP) is 3.44. The van der Waals surface area contributed by atoms with E-state index in [1.54, 1.807) is 12.1 Å². The van der Waals surface area contributed by atoms with Gasteiger partial charge in [-0.2, -0.15) is 0 Å². The smallest absolute Gasteiger partial charge is 0.233 e. The van der Waals surface area contributed by atoms with Crippen LogP contribution in [-0.4, -0.2) is 48.4 Å². The van der Waals surface area contributed by atoms with Crippen LogP contribution < -0.4 is 0 Å². The van der Waals surface area contributed by atoms with Gasteiger partial charge in [0.05, 0.1) is 5.41 Å². The summed E-state index contributed by atoms with van der Waals surface area (Å²) in [6.07, 6.45) is 3.80. The third-order valence-corrected chi connectivity index (χ3v) is 5.53. The predicted molar refractivity (Wildman–Crippen MR) is 94.4 cm³/mol. The molecule has 2 fully saturated rings. The highest BCUT2D eigenvalue weighted by Crippen LogP contribution is 2.43. The molecule has 0 unspecified atom stereocenters. The van der Waals surface area contributed by atoms with Crippen molar-refractivity contribution in [2.24, 2.45) is 5.92 Å². The monoisotopic (exact) mass is 332 g/mol. The van der Waals surface area contributed by atoms with Crippen LogP contribution in [0.4, 0.5) is 4.39 Å².